The Morgan fingerprint density at radius 1 is 1.31 bits per heavy atom. The Morgan fingerprint density at radius 2 is 1.92 bits per heavy atom. The van der Waals surface area contributed by atoms with Crippen LogP contribution < -0.4 is 0 Å². The molecule has 1 rings (SSSR count). The molecule has 0 unspecified atom stereocenters. The lowest BCUT2D eigenvalue weighted by Gasteiger charge is -1.98. The Bertz CT molecular complexity index is 349. The van der Waals surface area contributed by atoms with Gasteiger partial charge in [-0.15, -0.1) is 0 Å². The molecular formula is C11H11ClO. The van der Waals surface area contributed by atoms with Gasteiger partial charge in [0.15, 0.2) is 5.78 Å². The van der Waals surface area contributed by atoms with E-state index in [0.717, 1.165) is 5.57 Å². The number of ketones is 1. The molecule has 0 saturated heterocycles. The van der Waals surface area contributed by atoms with Gasteiger partial charge in [0.05, 0.1) is 5.02 Å². The molecule has 0 aliphatic rings. The van der Waals surface area contributed by atoms with Crippen LogP contribution in [0, 0.1) is 0 Å². The number of hydrogen-bond donors (Lipinski definition) is 0. The molecule has 0 atom stereocenters. The molecule has 1 aromatic carbocycles. The maximum absolute atomic E-state index is 11.5. The van der Waals surface area contributed by atoms with Crippen molar-refractivity contribution in [1.29, 1.82) is 0 Å². The van der Waals surface area contributed by atoms with Crippen molar-refractivity contribution in [2.45, 2.75) is 13.8 Å². The van der Waals surface area contributed by atoms with Crippen molar-refractivity contribution in [3.05, 3.63) is 46.5 Å². The minimum Gasteiger partial charge on any atom is -0.289 e. The van der Waals surface area contributed by atoms with Crippen LogP contribution in [0.5, 0.6) is 0 Å². The minimum absolute atomic E-state index is 0.0365. The summed E-state index contributed by atoms with van der Waals surface area (Å²) in [6.45, 7) is 3.77. The first kappa shape index (κ1) is 10.0. The first-order valence-electron chi connectivity index (χ1n) is 4.05. The Kier molecular flexibility index (Phi) is 3.26. The monoisotopic (exact) mass is 194 g/mol. The molecule has 0 aliphatic carbocycles. The van der Waals surface area contributed by atoms with Gasteiger partial charge in [-0.3, -0.25) is 4.79 Å². The summed E-state index contributed by atoms with van der Waals surface area (Å²) in [6.07, 6.45) is 1.58. The highest BCUT2D eigenvalue weighted by atomic mass is 35.5. The number of hydrogen-bond acceptors (Lipinski definition) is 1. The van der Waals surface area contributed by atoms with Gasteiger partial charge < -0.3 is 0 Å². The number of carbonyl (C=O) groups is 1. The minimum atomic E-state index is -0.0365. The van der Waals surface area contributed by atoms with E-state index >= 15 is 0 Å². The Labute approximate surface area is 83.0 Å². The van der Waals surface area contributed by atoms with Crippen molar-refractivity contribution in [3.8, 4) is 0 Å². The molecule has 0 saturated carbocycles. The molecule has 0 fully saturated rings. The number of carbonyl (C=O) groups excluding carboxylic acids is 1. The number of benzene rings is 1. The first-order chi connectivity index (χ1) is 6.11. The Balaban J connectivity index is 3.03. The highest BCUT2D eigenvalue weighted by Gasteiger charge is 2.05. The van der Waals surface area contributed by atoms with Crippen LogP contribution in [0.4, 0.5) is 0 Å². The van der Waals surface area contributed by atoms with Crippen LogP contribution in [0.1, 0.15) is 24.2 Å². The van der Waals surface area contributed by atoms with Gasteiger partial charge in [0.25, 0.3) is 0 Å². The molecule has 1 nitrogen and oxygen atoms in total. The second-order valence-corrected chi connectivity index (χ2v) is 3.47. The quantitative estimate of drug-likeness (QED) is 0.520. The highest BCUT2D eigenvalue weighted by Crippen LogP contribution is 2.16. The number of rotatable bonds is 2. The molecule has 13 heavy (non-hydrogen) atoms. The van der Waals surface area contributed by atoms with E-state index in [9.17, 15) is 4.79 Å². The van der Waals surface area contributed by atoms with E-state index < -0.39 is 0 Å². The van der Waals surface area contributed by atoms with Crippen molar-refractivity contribution in [1.82, 2.24) is 0 Å². The van der Waals surface area contributed by atoms with E-state index in [2.05, 4.69) is 0 Å². The van der Waals surface area contributed by atoms with Crippen molar-refractivity contribution < 1.29 is 4.79 Å². The summed E-state index contributed by atoms with van der Waals surface area (Å²) in [5.74, 6) is -0.0365. The molecule has 1 aromatic rings. The van der Waals surface area contributed by atoms with Crippen molar-refractivity contribution in [3.63, 3.8) is 0 Å². The summed E-state index contributed by atoms with van der Waals surface area (Å²) < 4.78 is 0. The van der Waals surface area contributed by atoms with Crippen molar-refractivity contribution in [2.24, 2.45) is 0 Å². The summed E-state index contributed by atoms with van der Waals surface area (Å²) in [4.78, 5) is 11.5. The van der Waals surface area contributed by atoms with Crippen molar-refractivity contribution in [2.75, 3.05) is 0 Å². The summed E-state index contributed by atoms with van der Waals surface area (Å²) in [5, 5.41) is 0.505. The fourth-order valence-corrected chi connectivity index (χ4v) is 1.23. The fourth-order valence-electron chi connectivity index (χ4n) is 1.00. The third kappa shape index (κ3) is 2.71. The van der Waals surface area contributed by atoms with Crippen LogP contribution in [0.25, 0.3) is 0 Å². The zero-order valence-electron chi connectivity index (χ0n) is 7.67. The van der Waals surface area contributed by atoms with E-state index in [1.54, 1.807) is 24.3 Å². The lowest BCUT2D eigenvalue weighted by Crippen LogP contribution is -1.95. The lowest BCUT2D eigenvalue weighted by atomic mass is 10.1. The van der Waals surface area contributed by atoms with E-state index in [0.29, 0.717) is 10.6 Å². The summed E-state index contributed by atoms with van der Waals surface area (Å²) in [7, 11) is 0. The predicted molar refractivity (Wildman–Crippen MR) is 55.2 cm³/mol. The molecule has 0 aromatic heterocycles. The maximum Gasteiger partial charge on any atom is 0.187 e. The standard InChI is InChI=1S/C11H11ClO/c1-8(2)7-11(13)9-5-3-4-6-10(9)12/h3-7H,1-2H3. The first-order valence-corrected chi connectivity index (χ1v) is 4.43. The van der Waals surface area contributed by atoms with Gasteiger partial charge in [0.2, 0.25) is 0 Å². The van der Waals surface area contributed by atoms with Gasteiger partial charge in [-0.2, -0.15) is 0 Å². The molecule has 0 radical (unpaired) electrons. The third-order valence-corrected chi connectivity index (χ3v) is 1.89. The molecule has 0 amide bonds. The molecular weight excluding hydrogens is 184 g/mol. The van der Waals surface area contributed by atoms with Crippen LogP contribution >= 0.6 is 11.6 Å². The normalized spacial score (nSPS) is 9.46. The van der Waals surface area contributed by atoms with Crippen LogP contribution in [0.2, 0.25) is 5.02 Å². The van der Waals surface area contributed by atoms with Crippen molar-refractivity contribution >= 4 is 17.4 Å². The van der Waals surface area contributed by atoms with E-state index in [4.69, 9.17) is 11.6 Å². The second-order valence-electron chi connectivity index (χ2n) is 3.07. The van der Waals surface area contributed by atoms with Gasteiger partial charge in [-0.05, 0) is 32.1 Å². The Morgan fingerprint density at radius 3 is 2.46 bits per heavy atom. The van der Waals surface area contributed by atoms with Gasteiger partial charge in [0.1, 0.15) is 0 Å². The molecule has 0 spiro atoms. The second kappa shape index (κ2) is 4.24. The molecule has 0 heterocycles. The largest absolute Gasteiger partial charge is 0.289 e. The Hall–Kier alpha value is -1.08. The molecule has 2 heteroatoms. The summed E-state index contributed by atoms with van der Waals surface area (Å²) in [6, 6.07) is 7.05. The highest BCUT2D eigenvalue weighted by molar-refractivity contribution is 6.34. The van der Waals surface area contributed by atoms with E-state index in [1.807, 2.05) is 19.9 Å². The topological polar surface area (TPSA) is 17.1 Å². The van der Waals surface area contributed by atoms with Crippen LogP contribution in [-0.4, -0.2) is 5.78 Å². The SMILES string of the molecule is CC(C)=CC(=O)c1ccccc1Cl. The zero-order chi connectivity index (χ0) is 9.84. The smallest absolute Gasteiger partial charge is 0.187 e. The van der Waals surface area contributed by atoms with Gasteiger partial charge in [-0.25, -0.2) is 0 Å². The number of halogens is 1. The summed E-state index contributed by atoms with van der Waals surface area (Å²) >= 11 is 5.85. The third-order valence-electron chi connectivity index (χ3n) is 1.56. The lowest BCUT2D eigenvalue weighted by molar-refractivity contribution is 0.104. The molecule has 0 bridgehead atoms. The van der Waals surface area contributed by atoms with E-state index in [1.165, 1.54) is 0 Å². The summed E-state index contributed by atoms with van der Waals surface area (Å²) in [5.41, 5.74) is 1.54. The molecule has 0 aliphatic heterocycles. The van der Waals surface area contributed by atoms with Crippen LogP contribution in [0.15, 0.2) is 35.9 Å². The van der Waals surface area contributed by atoms with Gasteiger partial charge in [0, 0.05) is 5.56 Å². The van der Waals surface area contributed by atoms with Crippen LogP contribution in [-0.2, 0) is 0 Å². The van der Waals surface area contributed by atoms with Gasteiger partial charge >= 0.3 is 0 Å². The molecule has 68 valence electrons. The predicted octanol–water partition coefficient (Wildman–Crippen LogP) is 3.49. The van der Waals surface area contributed by atoms with E-state index in [-0.39, 0.29) is 5.78 Å². The zero-order valence-corrected chi connectivity index (χ0v) is 8.43. The fraction of sp³-hybridized carbons (Fsp3) is 0.182. The molecule has 0 N–H and O–H groups in total. The number of allylic oxidation sites excluding steroid dienone is 2. The average molecular weight is 195 g/mol. The maximum atomic E-state index is 11.5. The van der Waals surface area contributed by atoms with Crippen LogP contribution in [0.3, 0.4) is 0 Å². The average Bonchev–Trinajstić information content (AvgIpc) is 2.03. The van der Waals surface area contributed by atoms with Gasteiger partial charge in [-0.1, -0.05) is 29.3 Å².